The third-order valence-electron chi connectivity index (χ3n) is 2.48. The molecule has 1 aromatic heterocycles. The number of aromatic nitrogens is 3. The van der Waals surface area contributed by atoms with Crippen molar-refractivity contribution in [3.8, 4) is 5.69 Å². The van der Waals surface area contributed by atoms with Crippen molar-refractivity contribution in [1.82, 2.24) is 15.0 Å². The number of rotatable bonds is 2. The van der Waals surface area contributed by atoms with Gasteiger partial charge in [-0.1, -0.05) is 22.9 Å². The van der Waals surface area contributed by atoms with Crippen LogP contribution >= 0.6 is 11.6 Å². The summed E-state index contributed by atoms with van der Waals surface area (Å²) in [6, 6.07) is 5.31. The lowest BCUT2D eigenvalue weighted by Gasteiger charge is -2.05. The van der Waals surface area contributed by atoms with Crippen LogP contribution in [0, 0.1) is 6.92 Å². The monoisotopic (exact) mass is 266 g/mol. The molecule has 0 aliphatic carbocycles. The predicted octanol–water partition coefficient (Wildman–Crippen LogP) is 1.60. The van der Waals surface area contributed by atoms with Gasteiger partial charge >= 0.3 is 5.97 Å². The number of benzene rings is 1. The van der Waals surface area contributed by atoms with Crippen molar-refractivity contribution in [3.05, 3.63) is 34.5 Å². The zero-order valence-electron chi connectivity index (χ0n) is 9.85. The number of carbonyl (C=O) groups is 1. The van der Waals surface area contributed by atoms with Gasteiger partial charge in [-0.3, -0.25) is 0 Å². The van der Waals surface area contributed by atoms with E-state index >= 15 is 0 Å². The Morgan fingerprint density at radius 1 is 1.50 bits per heavy atom. The summed E-state index contributed by atoms with van der Waals surface area (Å²) in [5, 5.41) is 8.08. The maximum absolute atomic E-state index is 11.4. The molecule has 7 heteroatoms. The van der Waals surface area contributed by atoms with E-state index in [1.807, 2.05) is 13.0 Å². The minimum absolute atomic E-state index is 0.0193. The highest BCUT2D eigenvalue weighted by molar-refractivity contribution is 6.31. The zero-order chi connectivity index (χ0) is 13.3. The number of methoxy groups -OCH3 is 1. The van der Waals surface area contributed by atoms with E-state index in [4.69, 9.17) is 17.3 Å². The van der Waals surface area contributed by atoms with Crippen LogP contribution in [-0.2, 0) is 4.74 Å². The lowest BCUT2D eigenvalue weighted by molar-refractivity contribution is 0.0595. The first kappa shape index (κ1) is 12.4. The van der Waals surface area contributed by atoms with Gasteiger partial charge in [-0.15, -0.1) is 5.10 Å². The van der Waals surface area contributed by atoms with Gasteiger partial charge in [0.2, 0.25) is 5.69 Å². The highest BCUT2D eigenvalue weighted by atomic mass is 35.5. The summed E-state index contributed by atoms with van der Waals surface area (Å²) < 4.78 is 5.88. The minimum Gasteiger partial charge on any atom is -0.464 e. The summed E-state index contributed by atoms with van der Waals surface area (Å²) in [6.07, 6.45) is 0. The quantitative estimate of drug-likeness (QED) is 0.835. The van der Waals surface area contributed by atoms with E-state index in [0.717, 1.165) is 5.56 Å². The van der Waals surface area contributed by atoms with Crippen LogP contribution in [0.4, 0.5) is 5.82 Å². The third-order valence-corrected chi connectivity index (χ3v) is 2.89. The molecular weight excluding hydrogens is 256 g/mol. The van der Waals surface area contributed by atoms with E-state index in [2.05, 4.69) is 15.0 Å². The van der Waals surface area contributed by atoms with Gasteiger partial charge in [0.1, 0.15) is 0 Å². The Morgan fingerprint density at radius 3 is 2.83 bits per heavy atom. The number of halogens is 1. The molecule has 94 valence electrons. The molecule has 0 saturated carbocycles. The second-order valence-electron chi connectivity index (χ2n) is 3.66. The number of nitrogen functional groups attached to an aromatic ring is 1. The topological polar surface area (TPSA) is 83.0 Å². The van der Waals surface area contributed by atoms with E-state index in [1.165, 1.54) is 11.8 Å². The van der Waals surface area contributed by atoms with Crippen LogP contribution in [0.1, 0.15) is 16.1 Å². The number of ether oxygens (including phenoxy) is 1. The first-order valence-corrected chi connectivity index (χ1v) is 5.48. The summed E-state index contributed by atoms with van der Waals surface area (Å²) in [6.45, 7) is 1.89. The number of esters is 1. The van der Waals surface area contributed by atoms with Gasteiger partial charge in [-0.25, -0.2) is 4.79 Å². The molecule has 0 amide bonds. The summed E-state index contributed by atoms with van der Waals surface area (Å²) in [4.78, 5) is 11.4. The number of aryl methyl sites for hydroxylation is 1. The Morgan fingerprint density at radius 2 is 2.22 bits per heavy atom. The molecule has 0 bridgehead atoms. The molecule has 0 fully saturated rings. The number of nitrogens with zero attached hydrogens (tertiary/aromatic N) is 3. The van der Waals surface area contributed by atoms with Crippen molar-refractivity contribution >= 4 is 23.4 Å². The molecule has 6 nitrogen and oxygen atoms in total. The van der Waals surface area contributed by atoms with Crippen molar-refractivity contribution in [1.29, 1.82) is 0 Å². The van der Waals surface area contributed by atoms with E-state index < -0.39 is 5.97 Å². The summed E-state index contributed by atoms with van der Waals surface area (Å²) in [7, 11) is 1.25. The smallest absolute Gasteiger partial charge is 0.362 e. The summed E-state index contributed by atoms with van der Waals surface area (Å²) in [5.41, 5.74) is 7.34. The van der Waals surface area contributed by atoms with Crippen molar-refractivity contribution in [3.63, 3.8) is 0 Å². The SMILES string of the molecule is COC(=O)c1nnn(-c2ccc(C)c(Cl)c2)c1N. The molecule has 2 N–H and O–H groups in total. The lowest BCUT2D eigenvalue weighted by atomic mass is 10.2. The molecule has 0 unspecified atom stereocenters. The second-order valence-corrected chi connectivity index (χ2v) is 4.07. The van der Waals surface area contributed by atoms with Gasteiger partial charge in [0.15, 0.2) is 5.82 Å². The van der Waals surface area contributed by atoms with Crippen molar-refractivity contribution < 1.29 is 9.53 Å². The average Bonchev–Trinajstić information content (AvgIpc) is 2.74. The maximum atomic E-state index is 11.4. The zero-order valence-corrected chi connectivity index (χ0v) is 10.6. The van der Waals surface area contributed by atoms with Gasteiger partial charge in [-0.05, 0) is 24.6 Å². The Bertz CT molecular complexity index is 609. The number of carbonyl (C=O) groups excluding carboxylic acids is 1. The fourth-order valence-corrected chi connectivity index (χ4v) is 1.61. The molecule has 0 radical (unpaired) electrons. The number of nitrogens with two attached hydrogens (primary N) is 1. The molecule has 0 aliphatic rings. The molecular formula is C11H11ClN4O2. The number of hydrogen-bond acceptors (Lipinski definition) is 5. The highest BCUT2D eigenvalue weighted by Gasteiger charge is 2.18. The van der Waals surface area contributed by atoms with E-state index in [-0.39, 0.29) is 11.5 Å². The number of anilines is 1. The predicted molar refractivity (Wildman–Crippen MR) is 66.9 cm³/mol. The van der Waals surface area contributed by atoms with Crippen molar-refractivity contribution in [2.45, 2.75) is 6.92 Å². The standard InChI is InChI=1S/C11H11ClN4O2/c1-6-3-4-7(5-8(6)12)16-10(13)9(14-15-16)11(17)18-2/h3-5H,13H2,1-2H3. The Balaban J connectivity index is 2.48. The largest absolute Gasteiger partial charge is 0.464 e. The molecule has 0 spiro atoms. The molecule has 0 saturated heterocycles. The Hall–Kier alpha value is -2.08. The van der Waals surface area contributed by atoms with Gasteiger partial charge in [-0.2, -0.15) is 4.68 Å². The van der Waals surface area contributed by atoms with Crippen LogP contribution in [0.15, 0.2) is 18.2 Å². The van der Waals surface area contributed by atoms with E-state index in [9.17, 15) is 4.79 Å². The van der Waals surface area contributed by atoms with Gasteiger partial charge in [0.25, 0.3) is 0 Å². The maximum Gasteiger partial charge on any atom is 0.362 e. The Kier molecular flexibility index (Phi) is 3.20. The first-order valence-electron chi connectivity index (χ1n) is 5.10. The molecule has 1 heterocycles. The summed E-state index contributed by atoms with van der Waals surface area (Å²) in [5.74, 6) is -0.515. The summed E-state index contributed by atoms with van der Waals surface area (Å²) >= 11 is 6.02. The van der Waals surface area contributed by atoms with E-state index in [1.54, 1.807) is 12.1 Å². The van der Waals surface area contributed by atoms with Crippen LogP contribution in [0.2, 0.25) is 5.02 Å². The highest BCUT2D eigenvalue weighted by Crippen LogP contribution is 2.21. The fraction of sp³-hybridized carbons (Fsp3) is 0.182. The van der Waals surface area contributed by atoms with E-state index in [0.29, 0.717) is 10.7 Å². The molecule has 1 aromatic carbocycles. The number of hydrogen-bond donors (Lipinski definition) is 1. The third kappa shape index (κ3) is 2.02. The lowest BCUT2D eigenvalue weighted by Crippen LogP contribution is -2.07. The van der Waals surface area contributed by atoms with Crippen molar-refractivity contribution in [2.24, 2.45) is 0 Å². The van der Waals surface area contributed by atoms with Crippen LogP contribution in [0.3, 0.4) is 0 Å². The van der Waals surface area contributed by atoms with Crippen LogP contribution in [0.5, 0.6) is 0 Å². The van der Waals surface area contributed by atoms with Crippen molar-refractivity contribution in [2.75, 3.05) is 12.8 Å². The minimum atomic E-state index is -0.628. The average molecular weight is 267 g/mol. The van der Waals surface area contributed by atoms with Gasteiger partial charge in [0.05, 0.1) is 12.8 Å². The van der Waals surface area contributed by atoms with Crippen LogP contribution in [0.25, 0.3) is 5.69 Å². The fourth-order valence-electron chi connectivity index (χ4n) is 1.44. The molecule has 2 aromatic rings. The van der Waals surface area contributed by atoms with Gasteiger partial charge in [0, 0.05) is 5.02 Å². The molecule has 18 heavy (non-hydrogen) atoms. The molecule has 0 aliphatic heterocycles. The Labute approximate surface area is 108 Å². The first-order chi connectivity index (χ1) is 8.54. The van der Waals surface area contributed by atoms with Crippen LogP contribution in [-0.4, -0.2) is 28.1 Å². The normalized spacial score (nSPS) is 10.4. The molecule has 2 rings (SSSR count). The van der Waals surface area contributed by atoms with Crippen LogP contribution < -0.4 is 5.73 Å². The molecule has 0 atom stereocenters. The van der Waals surface area contributed by atoms with Gasteiger partial charge < -0.3 is 10.5 Å². The second kappa shape index (κ2) is 4.66.